The number of nitrogens with one attached hydrogen (secondary N) is 2. The van der Waals surface area contributed by atoms with E-state index in [2.05, 4.69) is 10.6 Å². The summed E-state index contributed by atoms with van der Waals surface area (Å²) in [5.74, 6) is -2.63. The summed E-state index contributed by atoms with van der Waals surface area (Å²) in [6.45, 7) is 0.295. The van der Waals surface area contributed by atoms with Gasteiger partial charge in [-0.25, -0.2) is 8.78 Å². The van der Waals surface area contributed by atoms with Crippen molar-refractivity contribution >= 4 is 17.5 Å². The minimum absolute atomic E-state index is 0.0808. The van der Waals surface area contributed by atoms with Crippen LogP contribution in [0.25, 0.3) is 0 Å². The van der Waals surface area contributed by atoms with Crippen LogP contribution in [0.1, 0.15) is 23.2 Å². The van der Waals surface area contributed by atoms with E-state index in [9.17, 15) is 18.4 Å². The average Bonchev–Trinajstić information content (AvgIpc) is 2.36. The third-order valence-corrected chi connectivity index (χ3v) is 2.93. The number of rotatable bonds is 2. The maximum atomic E-state index is 13.5. The zero-order valence-electron chi connectivity index (χ0n) is 10.0. The highest BCUT2D eigenvalue weighted by Crippen LogP contribution is 2.17. The van der Waals surface area contributed by atoms with Gasteiger partial charge in [0.2, 0.25) is 5.91 Å². The highest BCUT2D eigenvalue weighted by molar-refractivity contribution is 5.95. The van der Waals surface area contributed by atoms with Gasteiger partial charge in [0, 0.05) is 25.1 Å². The van der Waals surface area contributed by atoms with E-state index in [0.29, 0.717) is 25.5 Å². The number of hydrogen-bond donors (Lipinski definition) is 3. The first-order valence-electron chi connectivity index (χ1n) is 5.79. The summed E-state index contributed by atoms with van der Waals surface area (Å²) in [4.78, 5) is 22.8. The van der Waals surface area contributed by atoms with Gasteiger partial charge in [-0.05, 0) is 12.5 Å². The molecule has 4 N–H and O–H groups in total. The molecule has 1 aromatic rings. The van der Waals surface area contributed by atoms with Gasteiger partial charge in [-0.3, -0.25) is 9.59 Å². The van der Waals surface area contributed by atoms with Crippen molar-refractivity contribution in [2.75, 3.05) is 12.3 Å². The van der Waals surface area contributed by atoms with Gasteiger partial charge in [-0.2, -0.15) is 0 Å². The largest absolute Gasteiger partial charge is 0.396 e. The zero-order valence-corrected chi connectivity index (χ0v) is 10.0. The molecule has 1 aliphatic heterocycles. The number of piperidine rings is 1. The quantitative estimate of drug-likeness (QED) is 0.686. The summed E-state index contributed by atoms with van der Waals surface area (Å²) in [5, 5.41) is 5.16. The molecule has 0 bridgehead atoms. The molecule has 1 aromatic carbocycles. The Morgan fingerprint density at radius 3 is 2.74 bits per heavy atom. The Balaban J connectivity index is 2.08. The molecule has 1 heterocycles. The van der Waals surface area contributed by atoms with Crippen molar-refractivity contribution in [2.45, 2.75) is 18.9 Å². The first-order chi connectivity index (χ1) is 8.97. The molecule has 0 radical (unpaired) electrons. The predicted octanol–water partition coefficient (Wildman–Crippen LogP) is 0.555. The lowest BCUT2D eigenvalue weighted by Crippen LogP contribution is -2.47. The summed E-state index contributed by atoms with van der Waals surface area (Å²) in [6, 6.07) is 1.27. The molecule has 7 heteroatoms. The van der Waals surface area contributed by atoms with Gasteiger partial charge in [0.25, 0.3) is 5.91 Å². The number of nitrogens with two attached hydrogens (primary N) is 1. The summed E-state index contributed by atoms with van der Waals surface area (Å²) in [6.07, 6.45) is 0.787. The van der Waals surface area contributed by atoms with Gasteiger partial charge >= 0.3 is 0 Å². The highest BCUT2D eigenvalue weighted by Gasteiger charge is 2.22. The number of nitrogen functional groups attached to an aromatic ring is 1. The van der Waals surface area contributed by atoms with Crippen molar-refractivity contribution in [3.63, 3.8) is 0 Å². The number of carbonyl (C=O) groups is 2. The third kappa shape index (κ3) is 2.98. The van der Waals surface area contributed by atoms with Crippen LogP contribution in [0.2, 0.25) is 0 Å². The predicted molar refractivity (Wildman–Crippen MR) is 64.3 cm³/mol. The first kappa shape index (κ1) is 13.3. The van der Waals surface area contributed by atoms with Crippen LogP contribution in [0.4, 0.5) is 14.5 Å². The minimum Gasteiger partial charge on any atom is -0.396 e. The second kappa shape index (κ2) is 5.21. The lowest BCUT2D eigenvalue weighted by atomic mass is 10.1. The molecular weight excluding hydrogens is 256 g/mol. The van der Waals surface area contributed by atoms with Crippen molar-refractivity contribution in [1.29, 1.82) is 0 Å². The third-order valence-electron chi connectivity index (χ3n) is 2.93. The molecule has 2 amide bonds. The Morgan fingerprint density at radius 1 is 1.37 bits per heavy atom. The SMILES string of the molecule is Nc1cc(C(=O)NC2CCC(=O)NC2)c(F)cc1F. The molecule has 5 nitrogen and oxygen atoms in total. The Morgan fingerprint density at radius 2 is 2.11 bits per heavy atom. The number of anilines is 1. The van der Waals surface area contributed by atoms with E-state index >= 15 is 0 Å². The molecule has 0 aromatic heterocycles. The van der Waals surface area contributed by atoms with Crippen molar-refractivity contribution < 1.29 is 18.4 Å². The Kier molecular flexibility index (Phi) is 3.64. The van der Waals surface area contributed by atoms with Crippen molar-refractivity contribution in [3.8, 4) is 0 Å². The van der Waals surface area contributed by atoms with Gasteiger partial charge < -0.3 is 16.4 Å². The van der Waals surface area contributed by atoms with Crippen LogP contribution in [0, 0.1) is 11.6 Å². The van der Waals surface area contributed by atoms with E-state index in [1.165, 1.54) is 0 Å². The van der Waals surface area contributed by atoms with Crippen LogP contribution < -0.4 is 16.4 Å². The Bertz CT molecular complexity index is 524. The monoisotopic (exact) mass is 269 g/mol. The fraction of sp³-hybridized carbons (Fsp3) is 0.333. The van der Waals surface area contributed by atoms with Crippen molar-refractivity contribution in [3.05, 3.63) is 29.3 Å². The molecule has 2 rings (SSSR count). The summed E-state index contributed by atoms with van der Waals surface area (Å²) in [7, 11) is 0. The Hall–Kier alpha value is -2.18. The van der Waals surface area contributed by atoms with Crippen molar-refractivity contribution in [2.24, 2.45) is 0 Å². The number of benzene rings is 1. The molecule has 1 aliphatic rings. The highest BCUT2D eigenvalue weighted by atomic mass is 19.1. The molecule has 1 fully saturated rings. The maximum absolute atomic E-state index is 13.5. The number of carbonyl (C=O) groups excluding carboxylic acids is 2. The Labute approximate surface area is 108 Å². The molecular formula is C12H13F2N3O2. The fourth-order valence-electron chi connectivity index (χ4n) is 1.86. The van der Waals surface area contributed by atoms with E-state index in [0.717, 1.165) is 6.07 Å². The summed E-state index contributed by atoms with van der Waals surface area (Å²) < 4.78 is 26.5. The summed E-state index contributed by atoms with van der Waals surface area (Å²) >= 11 is 0. The lowest BCUT2D eigenvalue weighted by molar-refractivity contribution is -0.122. The molecule has 19 heavy (non-hydrogen) atoms. The molecule has 1 atom stereocenters. The van der Waals surface area contributed by atoms with Gasteiger partial charge in [-0.15, -0.1) is 0 Å². The number of hydrogen-bond acceptors (Lipinski definition) is 3. The summed E-state index contributed by atoms with van der Waals surface area (Å²) in [5.41, 5.74) is 4.70. The van der Waals surface area contributed by atoms with Crippen LogP contribution in [0.15, 0.2) is 12.1 Å². The van der Waals surface area contributed by atoms with Gasteiger partial charge in [0.05, 0.1) is 11.3 Å². The second-order valence-corrected chi connectivity index (χ2v) is 4.37. The van der Waals surface area contributed by atoms with E-state index in [4.69, 9.17) is 5.73 Å². The van der Waals surface area contributed by atoms with Crippen LogP contribution in [-0.2, 0) is 4.79 Å². The zero-order chi connectivity index (χ0) is 14.0. The topological polar surface area (TPSA) is 84.2 Å². The van der Waals surface area contributed by atoms with Gasteiger partial charge in [0.15, 0.2) is 0 Å². The maximum Gasteiger partial charge on any atom is 0.254 e. The second-order valence-electron chi connectivity index (χ2n) is 4.37. The van der Waals surface area contributed by atoms with Crippen LogP contribution >= 0.6 is 0 Å². The fourth-order valence-corrected chi connectivity index (χ4v) is 1.86. The first-order valence-corrected chi connectivity index (χ1v) is 5.79. The van der Waals surface area contributed by atoms with E-state index < -0.39 is 17.5 Å². The number of halogens is 2. The van der Waals surface area contributed by atoms with E-state index in [-0.39, 0.29) is 23.2 Å². The smallest absolute Gasteiger partial charge is 0.254 e. The molecule has 1 unspecified atom stereocenters. The average molecular weight is 269 g/mol. The molecule has 0 aliphatic carbocycles. The molecule has 0 saturated carbocycles. The molecule has 1 saturated heterocycles. The van der Waals surface area contributed by atoms with Gasteiger partial charge in [-0.1, -0.05) is 0 Å². The normalized spacial score (nSPS) is 18.8. The lowest BCUT2D eigenvalue weighted by Gasteiger charge is -2.23. The molecule has 102 valence electrons. The minimum atomic E-state index is -0.968. The van der Waals surface area contributed by atoms with Crippen LogP contribution in [-0.4, -0.2) is 24.4 Å². The van der Waals surface area contributed by atoms with E-state index in [1.54, 1.807) is 0 Å². The standard InChI is InChI=1S/C12H13F2N3O2/c13-8-4-9(14)10(15)3-7(8)12(19)17-6-1-2-11(18)16-5-6/h3-4,6H,1-2,5,15H2,(H,16,18)(H,17,19). The van der Waals surface area contributed by atoms with Crippen LogP contribution in [0.5, 0.6) is 0 Å². The van der Waals surface area contributed by atoms with Gasteiger partial charge in [0.1, 0.15) is 11.6 Å². The van der Waals surface area contributed by atoms with Crippen molar-refractivity contribution in [1.82, 2.24) is 10.6 Å². The molecule has 0 spiro atoms. The van der Waals surface area contributed by atoms with Crippen LogP contribution in [0.3, 0.4) is 0 Å². The number of amides is 2. The van der Waals surface area contributed by atoms with E-state index in [1.807, 2.05) is 0 Å².